The number of rotatable bonds is 39. The third-order valence-corrected chi connectivity index (χ3v) is 11.3. The van der Waals surface area contributed by atoms with Gasteiger partial charge in [0.25, 0.3) is 0 Å². The van der Waals surface area contributed by atoms with Gasteiger partial charge in [-0.2, -0.15) is 0 Å². The summed E-state index contributed by atoms with van der Waals surface area (Å²) < 4.78 is 11.1. The first kappa shape index (κ1) is 54.4. The molecule has 0 aromatic heterocycles. The van der Waals surface area contributed by atoms with Crippen LogP contribution in [-0.4, -0.2) is 98.7 Å². The second-order valence-electron chi connectivity index (χ2n) is 16.7. The number of aliphatic hydroxyl groups excluding tert-OH is 6. The summed E-state index contributed by atoms with van der Waals surface area (Å²) in [4.78, 5) is 13.0. The molecule has 1 amide bonds. The summed E-state index contributed by atoms with van der Waals surface area (Å²) in [5.41, 5.74) is 0. The normalized spacial score (nSPS) is 21.7. The molecule has 340 valence electrons. The predicted molar refractivity (Wildman–Crippen MR) is 236 cm³/mol. The van der Waals surface area contributed by atoms with E-state index in [9.17, 15) is 35.4 Å². The van der Waals surface area contributed by atoms with Crippen molar-refractivity contribution in [3.8, 4) is 0 Å². The van der Waals surface area contributed by atoms with Crippen molar-refractivity contribution in [1.29, 1.82) is 0 Å². The van der Waals surface area contributed by atoms with Crippen LogP contribution in [0.15, 0.2) is 36.5 Å². The standard InChI is InChI=1S/C48H89NO9/c1-3-5-7-9-11-13-15-17-19-21-23-24-26-28-30-32-34-36-41(51)40(39-57-48-46(55)45(54)44(53)43(38-50)58-48)49-47(56)42(52)37-35-33-31-29-27-25-22-20-18-16-14-12-10-8-6-4-2/h12,14,18,20,34,36,40-46,48,50-55H,3-11,13,15-17,19,21-33,35,37-39H2,1-2H3,(H,49,56)/b14-12-,20-18-,36-34+. The average Bonchev–Trinajstić information content (AvgIpc) is 3.22. The van der Waals surface area contributed by atoms with E-state index in [1.165, 1.54) is 109 Å². The van der Waals surface area contributed by atoms with E-state index in [1.54, 1.807) is 6.08 Å². The summed E-state index contributed by atoms with van der Waals surface area (Å²) in [5.74, 6) is -0.625. The molecular formula is C48H89NO9. The van der Waals surface area contributed by atoms with Gasteiger partial charge >= 0.3 is 0 Å². The molecule has 0 spiro atoms. The molecule has 8 atom stereocenters. The van der Waals surface area contributed by atoms with Crippen molar-refractivity contribution in [3.63, 3.8) is 0 Å². The van der Waals surface area contributed by atoms with Gasteiger partial charge in [0.05, 0.1) is 25.4 Å². The Bertz CT molecular complexity index is 1020. The average molecular weight is 824 g/mol. The topological polar surface area (TPSA) is 169 Å². The second kappa shape index (κ2) is 38.3. The first-order valence-electron chi connectivity index (χ1n) is 23.8. The van der Waals surface area contributed by atoms with Crippen molar-refractivity contribution in [2.24, 2.45) is 0 Å². The highest BCUT2D eigenvalue weighted by Gasteiger charge is 2.44. The van der Waals surface area contributed by atoms with Gasteiger partial charge in [-0.3, -0.25) is 4.79 Å². The zero-order valence-corrected chi connectivity index (χ0v) is 36.9. The molecule has 1 fully saturated rings. The minimum Gasteiger partial charge on any atom is -0.394 e. The molecule has 0 radical (unpaired) electrons. The summed E-state index contributed by atoms with van der Waals surface area (Å²) >= 11 is 0. The number of unbranched alkanes of at least 4 members (excludes halogenated alkanes) is 24. The number of hydrogen-bond acceptors (Lipinski definition) is 9. The first-order chi connectivity index (χ1) is 28.3. The molecule has 0 aliphatic carbocycles. The lowest BCUT2D eigenvalue weighted by Gasteiger charge is -2.40. The predicted octanol–water partition coefficient (Wildman–Crippen LogP) is 9.03. The Morgan fingerprint density at radius 3 is 1.57 bits per heavy atom. The van der Waals surface area contributed by atoms with Crippen LogP contribution >= 0.6 is 0 Å². The van der Waals surface area contributed by atoms with Gasteiger partial charge in [-0.1, -0.05) is 185 Å². The van der Waals surface area contributed by atoms with Crippen LogP contribution in [0, 0.1) is 0 Å². The quantitative estimate of drug-likeness (QED) is 0.0236. The molecule has 0 aromatic rings. The molecule has 0 bridgehead atoms. The zero-order valence-electron chi connectivity index (χ0n) is 36.9. The highest BCUT2D eigenvalue weighted by molar-refractivity contribution is 5.80. The lowest BCUT2D eigenvalue weighted by molar-refractivity contribution is -0.302. The van der Waals surface area contributed by atoms with Crippen LogP contribution in [0.2, 0.25) is 0 Å². The molecule has 1 saturated heterocycles. The zero-order chi connectivity index (χ0) is 42.5. The molecule has 10 nitrogen and oxygen atoms in total. The van der Waals surface area contributed by atoms with Crippen LogP contribution < -0.4 is 5.32 Å². The molecule has 7 N–H and O–H groups in total. The molecular weight excluding hydrogens is 735 g/mol. The van der Waals surface area contributed by atoms with E-state index in [2.05, 4.69) is 43.5 Å². The lowest BCUT2D eigenvalue weighted by atomic mass is 9.99. The molecule has 1 heterocycles. The smallest absolute Gasteiger partial charge is 0.249 e. The van der Waals surface area contributed by atoms with Crippen molar-refractivity contribution in [1.82, 2.24) is 5.32 Å². The second-order valence-corrected chi connectivity index (χ2v) is 16.7. The van der Waals surface area contributed by atoms with Gasteiger partial charge in [0.15, 0.2) is 6.29 Å². The highest BCUT2D eigenvalue weighted by Crippen LogP contribution is 2.23. The number of carbonyl (C=O) groups excluding carboxylic acids is 1. The summed E-state index contributed by atoms with van der Waals surface area (Å²) in [6, 6.07) is -0.984. The van der Waals surface area contributed by atoms with Crippen LogP contribution in [0.4, 0.5) is 0 Å². The van der Waals surface area contributed by atoms with Crippen molar-refractivity contribution < 1.29 is 44.9 Å². The number of allylic oxidation sites excluding steroid dienone is 5. The minimum atomic E-state index is -1.61. The van der Waals surface area contributed by atoms with E-state index in [1.807, 2.05) is 6.08 Å². The molecule has 10 heteroatoms. The molecule has 0 saturated carbocycles. The van der Waals surface area contributed by atoms with Gasteiger partial charge < -0.3 is 45.4 Å². The van der Waals surface area contributed by atoms with E-state index in [0.717, 1.165) is 64.2 Å². The van der Waals surface area contributed by atoms with E-state index in [0.29, 0.717) is 12.8 Å². The fraction of sp³-hybridized carbons (Fsp3) is 0.854. The third kappa shape index (κ3) is 28.0. The maximum atomic E-state index is 13.0. The maximum absolute atomic E-state index is 13.0. The Morgan fingerprint density at radius 2 is 1.05 bits per heavy atom. The van der Waals surface area contributed by atoms with Gasteiger partial charge in [-0.15, -0.1) is 0 Å². The molecule has 8 unspecified atom stereocenters. The molecule has 1 aliphatic rings. The van der Waals surface area contributed by atoms with E-state index < -0.39 is 61.5 Å². The van der Waals surface area contributed by atoms with E-state index >= 15 is 0 Å². The van der Waals surface area contributed by atoms with Crippen molar-refractivity contribution in [2.75, 3.05) is 13.2 Å². The fourth-order valence-electron chi connectivity index (χ4n) is 7.37. The lowest BCUT2D eigenvalue weighted by Crippen LogP contribution is -2.60. The van der Waals surface area contributed by atoms with Crippen molar-refractivity contribution >= 4 is 5.91 Å². The summed E-state index contributed by atoms with van der Waals surface area (Å²) in [6.45, 7) is 3.58. The number of hydrogen-bond donors (Lipinski definition) is 7. The molecule has 58 heavy (non-hydrogen) atoms. The maximum Gasteiger partial charge on any atom is 0.249 e. The Kier molecular flexibility index (Phi) is 35.9. The fourth-order valence-corrected chi connectivity index (χ4v) is 7.37. The van der Waals surface area contributed by atoms with E-state index in [-0.39, 0.29) is 6.61 Å². The van der Waals surface area contributed by atoms with Crippen LogP contribution in [0.3, 0.4) is 0 Å². The Hall–Kier alpha value is -1.63. The summed E-state index contributed by atoms with van der Waals surface area (Å²) in [5, 5.41) is 64.7. The van der Waals surface area contributed by atoms with Crippen molar-refractivity contribution in [3.05, 3.63) is 36.5 Å². The summed E-state index contributed by atoms with van der Waals surface area (Å²) in [6.07, 6.45) is 36.5. The van der Waals surface area contributed by atoms with E-state index in [4.69, 9.17) is 9.47 Å². The van der Waals surface area contributed by atoms with Crippen LogP contribution in [0.5, 0.6) is 0 Å². The van der Waals surface area contributed by atoms with Crippen LogP contribution in [-0.2, 0) is 14.3 Å². The minimum absolute atomic E-state index is 0.298. The number of aliphatic hydroxyl groups is 6. The highest BCUT2D eigenvalue weighted by atomic mass is 16.7. The van der Waals surface area contributed by atoms with Gasteiger partial charge in [0.1, 0.15) is 30.5 Å². The number of amides is 1. The first-order valence-corrected chi connectivity index (χ1v) is 23.8. The summed E-state index contributed by atoms with van der Waals surface area (Å²) in [7, 11) is 0. The largest absolute Gasteiger partial charge is 0.394 e. The molecule has 0 aromatic carbocycles. The Morgan fingerprint density at radius 1 is 0.603 bits per heavy atom. The van der Waals surface area contributed by atoms with Crippen LogP contribution in [0.1, 0.15) is 200 Å². The SMILES string of the molecule is CCCCC/C=C\C/C=C\CCCCCCCCC(O)C(=O)NC(COC1OC(CO)C(O)C(O)C1O)C(O)/C=C/CCCCCCCCCCCCCCCCC. The number of ether oxygens (including phenoxy) is 2. The van der Waals surface area contributed by atoms with Crippen molar-refractivity contribution in [2.45, 2.75) is 249 Å². The van der Waals surface area contributed by atoms with Gasteiger partial charge in [-0.25, -0.2) is 0 Å². The van der Waals surface area contributed by atoms with Gasteiger partial charge in [-0.05, 0) is 51.4 Å². The van der Waals surface area contributed by atoms with Crippen LogP contribution in [0.25, 0.3) is 0 Å². The Balaban J connectivity index is 2.42. The third-order valence-electron chi connectivity index (χ3n) is 11.3. The number of carbonyl (C=O) groups is 1. The molecule has 1 rings (SSSR count). The van der Waals surface area contributed by atoms with Gasteiger partial charge in [0.2, 0.25) is 5.91 Å². The van der Waals surface area contributed by atoms with Gasteiger partial charge in [0, 0.05) is 0 Å². The Labute approximate surface area is 354 Å². The number of nitrogens with one attached hydrogen (secondary N) is 1. The monoisotopic (exact) mass is 824 g/mol. The molecule has 1 aliphatic heterocycles.